The number of fused-ring (bicyclic) bond motifs is 3. The van der Waals surface area contributed by atoms with Crippen molar-refractivity contribution in [2.24, 2.45) is 34.0 Å². The molecule has 3 aliphatic rings. The van der Waals surface area contributed by atoms with E-state index in [2.05, 4.69) is 56.9 Å². The van der Waals surface area contributed by atoms with Crippen molar-refractivity contribution in [3.63, 3.8) is 0 Å². The van der Waals surface area contributed by atoms with Gasteiger partial charge in [-0.05, 0) is 101 Å². The Balaban J connectivity index is 1.69. The molecule has 4 heteroatoms. The Morgan fingerprint density at radius 3 is 2.52 bits per heavy atom. The van der Waals surface area contributed by atoms with Crippen LogP contribution < -0.4 is 0 Å². The molecule has 0 aromatic carbocycles. The molecular formula is C25H37IO3. The highest BCUT2D eigenvalue weighted by molar-refractivity contribution is 14.1. The van der Waals surface area contributed by atoms with Gasteiger partial charge in [0.2, 0.25) is 0 Å². The van der Waals surface area contributed by atoms with E-state index in [1.54, 1.807) is 12.5 Å². The molecule has 0 amide bonds. The largest absolute Gasteiger partial charge is 0.471 e. The maximum Gasteiger partial charge on any atom is 0.104 e. The first kappa shape index (κ1) is 21.9. The Kier molecular flexibility index (Phi) is 5.56. The minimum Gasteiger partial charge on any atom is -0.471 e. The minimum absolute atomic E-state index is 0.0745. The third-order valence-corrected chi connectivity index (χ3v) is 10.3. The van der Waals surface area contributed by atoms with Gasteiger partial charge in [0.1, 0.15) is 6.26 Å². The lowest BCUT2D eigenvalue weighted by atomic mass is 9.38. The predicted octanol–water partition coefficient (Wildman–Crippen LogP) is 6.49. The summed E-state index contributed by atoms with van der Waals surface area (Å²) < 4.78 is 6.27. The summed E-state index contributed by atoms with van der Waals surface area (Å²) in [5.41, 5.74) is 2.49. The number of hydrogen-bond acceptors (Lipinski definition) is 3. The van der Waals surface area contributed by atoms with Gasteiger partial charge < -0.3 is 14.6 Å². The molecule has 3 fully saturated rings. The van der Waals surface area contributed by atoms with Gasteiger partial charge in [-0.3, -0.25) is 0 Å². The van der Waals surface area contributed by atoms with Crippen LogP contribution in [-0.2, 0) is 0 Å². The number of halogens is 1. The Labute approximate surface area is 189 Å². The second kappa shape index (κ2) is 7.37. The van der Waals surface area contributed by atoms with Crippen LogP contribution in [0.4, 0.5) is 0 Å². The van der Waals surface area contributed by atoms with E-state index in [-0.39, 0.29) is 16.7 Å². The van der Waals surface area contributed by atoms with E-state index >= 15 is 0 Å². The van der Waals surface area contributed by atoms with Crippen LogP contribution in [0.5, 0.6) is 0 Å². The molecule has 29 heavy (non-hydrogen) atoms. The van der Waals surface area contributed by atoms with E-state index in [4.69, 9.17) is 4.42 Å². The van der Waals surface area contributed by atoms with Crippen LogP contribution in [0.25, 0.3) is 0 Å². The van der Waals surface area contributed by atoms with Gasteiger partial charge in [0, 0.05) is 5.56 Å². The highest BCUT2D eigenvalue weighted by atomic mass is 127. The van der Waals surface area contributed by atoms with E-state index in [9.17, 15) is 10.2 Å². The Hall–Kier alpha value is -0.330. The fourth-order valence-corrected chi connectivity index (χ4v) is 8.61. The van der Waals surface area contributed by atoms with Crippen LogP contribution in [0.1, 0.15) is 84.3 Å². The molecule has 2 N–H and O–H groups in total. The highest BCUT2D eigenvalue weighted by Crippen LogP contribution is 2.69. The van der Waals surface area contributed by atoms with Crippen LogP contribution in [0.3, 0.4) is 0 Å². The molecule has 162 valence electrons. The number of hydrogen-bond donors (Lipinski definition) is 2. The van der Waals surface area contributed by atoms with Gasteiger partial charge in [0.15, 0.2) is 0 Å². The quantitative estimate of drug-likeness (QED) is 0.360. The molecular weight excluding hydrogens is 475 g/mol. The molecule has 3 nitrogen and oxygen atoms in total. The average Bonchev–Trinajstić information content (AvgIpc) is 3.06. The third kappa shape index (κ3) is 3.36. The fourth-order valence-electron chi connectivity index (χ4n) is 7.97. The van der Waals surface area contributed by atoms with Gasteiger partial charge in [-0.2, -0.15) is 0 Å². The van der Waals surface area contributed by atoms with Crippen LogP contribution in [-0.4, -0.2) is 16.3 Å². The normalized spacial score (nSPS) is 42.8. The summed E-state index contributed by atoms with van der Waals surface area (Å²) in [5, 5.41) is 22.1. The van der Waals surface area contributed by atoms with Crippen molar-refractivity contribution < 1.29 is 14.6 Å². The van der Waals surface area contributed by atoms with E-state index in [1.807, 2.05) is 0 Å². The first-order chi connectivity index (χ1) is 13.5. The van der Waals surface area contributed by atoms with Gasteiger partial charge in [-0.1, -0.05) is 40.7 Å². The second-order valence-corrected chi connectivity index (χ2v) is 12.5. The van der Waals surface area contributed by atoms with Crippen LogP contribution in [0, 0.1) is 37.6 Å². The van der Waals surface area contributed by atoms with E-state index in [1.165, 1.54) is 25.7 Å². The highest BCUT2D eigenvalue weighted by Gasteiger charge is 2.62. The maximum absolute atomic E-state index is 11.0. The molecule has 1 unspecified atom stereocenters. The molecule has 0 radical (unpaired) electrons. The molecule has 3 aliphatic carbocycles. The smallest absolute Gasteiger partial charge is 0.104 e. The lowest BCUT2D eigenvalue weighted by Crippen LogP contribution is -2.60. The SMILES string of the molecule is C=C1C(C[C@@H](O)c2cocc2I)[C@]2(C)CC[C@H]3C(C)(C)CCC[C@]3(C)[C@H]2C[C@H]1O. The monoisotopic (exact) mass is 512 g/mol. The number of aliphatic hydroxyl groups is 2. The topological polar surface area (TPSA) is 53.6 Å². The summed E-state index contributed by atoms with van der Waals surface area (Å²) in [6.07, 6.45) is 10.0. The van der Waals surface area contributed by atoms with E-state index in [0.29, 0.717) is 23.7 Å². The third-order valence-electron chi connectivity index (χ3n) is 9.43. The predicted molar refractivity (Wildman–Crippen MR) is 124 cm³/mol. The molecule has 1 aromatic heterocycles. The fraction of sp³-hybridized carbons (Fsp3) is 0.760. The second-order valence-electron chi connectivity index (χ2n) is 11.3. The molecule has 0 bridgehead atoms. The van der Waals surface area contributed by atoms with Gasteiger partial charge in [0.05, 0.1) is 22.0 Å². The van der Waals surface area contributed by atoms with Gasteiger partial charge in [-0.25, -0.2) is 0 Å². The van der Waals surface area contributed by atoms with Crippen molar-refractivity contribution in [1.82, 2.24) is 0 Å². The standard InChI is InChI=1S/C25H37IO3/c1-15-17(11-20(28)16-13-29-14-18(16)26)24(4)10-7-21-23(2,3)8-6-9-25(21,5)22(24)12-19(15)27/h13-14,17,19-22,27-28H,1,6-12H2,2-5H3/t17?,19-,20-,21+,22+,24+,25+/m1/s1. The van der Waals surface area contributed by atoms with Crippen molar-refractivity contribution >= 4 is 22.6 Å². The van der Waals surface area contributed by atoms with Crippen molar-refractivity contribution in [1.29, 1.82) is 0 Å². The Morgan fingerprint density at radius 2 is 1.86 bits per heavy atom. The zero-order valence-electron chi connectivity index (χ0n) is 18.4. The molecule has 0 saturated heterocycles. The zero-order valence-corrected chi connectivity index (χ0v) is 20.5. The van der Waals surface area contributed by atoms with Crippen LogP contribution in [0.2, 0.25) is 0 Å². The lowest BCUT2D eigenvalue weighted by molar-refractivity contribution is -0.169. The molecule has 3 saturated carbocycles. The Bertz CT molecular complexity index is 783. The van der Waals surface area contributed by atoms with Crippen LogP contribution >= 0.6 is 22.6 Å². The Morgan fingerprint density at radius 1 is 1.14 bits per heavy atom. The number of aliphatic hydroxyl groups excluding tert-OH is 2. The number of furan rings is 1. The van der Waals surface area contributed by atoms with Gasteiger partial charge >= 0.3 is 0 Å². The van der Waals surface area contributed by atoms with Crippen molar-refractivity contribution in [3.05, 3.63) is 33.8 Å². The van der Waals surface area contributed by atoms with Gasteiger partial charge in [-0.15, -0.1) is 0 Å². The van der Waals surface area contributed by atoms with Gasteiger partial charge in [0.25, 0.3) is 0 Å². The summed E-state index contributed by atoms with van der Waals surface area (Å²) in [7, 11) is 0. The zero-order chi connectivity index (χ0) is 21.2. The average molecular weight is 512 g/mol. The van der Waals surface area contributed by atoms with Crippen LogP contribution in [0.15, 0.2) is 29.1 Å². The molecule has 1 aromatic rings. The van der Waals surface area contributed by atoms with Crippen molar-refractivity contribution in [2.45, 2.75) is 84.8 Å². The summed E-state index contributed by atoms with van der Waals surface area (Å²) >= 11 is 2.22. The van der Waals surface area contributed by atoms with E-state index < -0.39 is 12.2 Å². The summed E-state index contributed by atoms with van der Waals surface area (Å²) in [4.78, 5) is 0. The van der Waals surface area contributed by atoms with Crippen molar-refractivity contribution in [2.75, 3.05) is 0 Å². The first-order valence-corrected chi connectivity index (χ1v) is 12.3. The molecule has 7 atom stereocenters. The minimum atomic E-state index is -0.585. The maximum atomic E-state index is 11.0. The first-order valence-electron chi connectivity index (χ1n) is 11.3. The van der Waals surface area contributed by atoms with E-state index in [0.717, 1.165) is 27.5 Å². The summed E-state index contributed by atoms with van der Waals surface area (Å²) in [6.45, 7) is 14.2. The molecule has 4 rings (SSSR count). The lowest BCUT2D eigenvalue weighted by Gasteiger charge is -2.66. The number of rotatable bonds is 3. The molecule has 0 spiro atoms. The summed E-state index contributed by atoms with van der Waals surface area (Å²) in [6, 6.07) is 0. The summed E-state index contributed by atoms with van der Waals surface area (Å²) in [5.74, 6) is 1.30. The van der Waals surface area contributed by atoms with Crippen molar-refractivity contribution in [3.8, 4) is 0 Å². The molecule has 1 heterocycles. The molecule has 0 aliphatic heterocycles.